The first-order valence-electron chi connectivity index (χ1n) is 11.1. The Labute approximate surface area is 201 Å². The van der Waals surface area contributed by atoms with Gasteiger partial charge < -0.3 is 15.0 Å². The van der Waals surface area contributed by atoms with Crippen molar-refractivity contribution in [2.24, 2.45) is 5.92 Å². The molecule has 9 nitrogen and oxygen atoms in total. The molecule has 0 aliphatic carbocycles. The lowest BCUT2D eigenvalue weighted by molar-refractivity contribution is -0.122. The Balaban J connectivity index is 1.41. The molecule has 2 aromatic heterocycles. The normalized spacial score (nSPS) is 15.3. The van der Waals surface area contributed by atoms with E-state index in [9.17, 15) is 14.9 Å². The zero-order valence-corrected chi connectivity index (χ0v) is 19.2. The van der Waals surface area contributed by atoms with Crippen molar-refractivity contribution in [3.05, 3.63) is 71.9 Å². The molecule has 5 rings (SSSR count). The first-order valence-corrected chi connectivity index (χ1v) is 11.1. The van der Waals surface area contributed by atoms with Gasteiger partial charge in [0.2, 0.25) is 11.8 Å². The summed E-state index contributed by atoms with van der Waals surface area (Å²) < 4.78 is 6.62. The summed E-state index contributed by atoms with van der Waals surface area (Å²) in [5, 5.41) is 17.8. The third-order valence-corrected chi connectivity index (χ3v) is 6.14. The van der Waals surface area contributed by atoms with Crippen LogP contribution in [-0.4, -0.2) is 40.2 Å². The SMILES string of the molecule is COc1ccc(N2CC(C(=O)Nc3c(C#N)cnn3-c3cc(C)c4ccccc4n3)CC2=O)cc1. The molecule has 0 radical (unpaired) electrons. The molecule has 174 valence electrons. The Hall–Kier alpha value is -4.71. The number of rotatable bonds is 5. The molecule has 1 aliphatic heterocycles. The summed E-state index contributed by atoms with van der Waals surface area (Å²) in [6.45, 7) is 2.21. The maximum Gasteiger partial charge on any atom is 0.231 e. The Morgan fingerprint density at radius 3 is 2.71 bits per heavy atom. The fourth-order valence-electron chi connectivity index (χ4n) is 4.28. The molecule has 1 aliphatic rings. The van der Waals surface area contributed by atoms with E-state index in [0.29, 0.717) is 17.3 Å². The highest BCUT2D eigenvalue weighted by Crippen LogP contribution is 2.29. The van der Waals surface area contributed by atoms with Gasteiger partial charge in [-0.2, -0.15) is 15.0 Å². The van der Waals surface area contributed by atoms with E-state index in [2.05, 4.69) is 21.5 Å². The van der Waals surface area contributed by atoms with Gasteiger partial charge in [-0.25, -0.2) is 4.98 Å². The molecule has 1 atom stereocenters. The highest BCUT2D eigenvalue weighted by molar-refractivity contribution is 6.03. The van der Waals surface area contributed by atoms with Crippen LogP contribution in [0.25, 0.3) is 16.7 Å². The number of aryl methyl sites for hydroxylation is 1. The Bertz CT molecular complexity index is 1490. The smallest absolute Gasteiger partial charge is 0.231 e. The molecular weight excluding hydrogens is 444 g/mol. The Kier molecular flexibility index (Phi) is 5.63. The quantitative estimate of drug-likeness (QED) is 0.481. The van der Waals surface area contributed by atoms with Gasteiger partial charge in [0.15, 0.2) is 11.6 Å². The minimum Gasteiger partial charge on any atom is -0.497 e. The first-order chi connectivity index (χ1) is 17.0. The number of benzene rings is 2. The monoisotopic (exact) mass is 466 g/mol. The number of nitrogens with zero attached hydrogens (tertiary/aromatic N) is 5. The number of carbonyl (C=O) groups is 2. The van der Waals surface area contributed by atoms with Crippen LogP contribution < -0.4 is 15.0 Å². The van der Waals surface area contributed by atoms with Gasteiger partial charge in [-0.05, 0) is 48.9 Å². The number of amides is 2. The standard InChI is InChI=1S/C26H22N6O3/c1-16-11-23(29-22-6-4-3-5-21(16)22)32-25(18(13-27)14-28-32)30-26(34)17-12-24(33)31(15-17)19-7-9-20(35-2)10-8-19/h3-11,14,17H,12,15H2,1-2H3,(H,30,34). The van der Waals surface area contributed by atoms with Gasteiger partial charge >= 0.3 is 0 Å². The number of anilines is 2. The fourth-order valence-corrected chi connectivity index (χ4v) is 4.28. The van der Waals surface area contributed by atoms with E-state index in [1.165, 1.54) is 10.9 Å². The molecule has 0 saturated carbocycles. The van der Waals surface area contributed by atoms with E-state index in [4.69, 9.17) is 4.74 Å². The number of pyridine rings is 1. The Morgan fingerprint density at radius 2 is 1.97 bits per heavy atom. The molecular formula is C26H22N6O3. The third kappa shape index (κ3) is 4.06. The molecule has 4 aromatic rings. The number of hydrogen-bond donors (Lipinski definition) is 1. The van der Waals surface area contributed by atoms with Gasteiger partial charge in [-0.1, -0.05) is 18.2 Å². The van der Waals surface area contributed by atoms with Crippen LogP contribution >= 0.6 is 0 Å². The van der Waals surface area contributed by atoms with Crippen LogP contribution in [0.1, 0.15) is 17.5 Å². The molecule has 9 heteroatoms. The minimum atomic E-state index is -0.578. The molecule has 35 heavy (non-hydrogen) atoms. The van der Waals surface area contributed by atoms with Crippen LogP contribution in [0.15, 0.2) is 60.8 Å². The predicted molar refractivity (Wildman–Crippen MR) is 130 cm³/mol. The van der Waals surface area contributed by atoms with E-state index >= 15 is 0 Å². The third-order valence-electron chi connectivity index (χ3n) is 6.14. The van der Waals surface area contributed by atoms with Crippen LogP contribution in [0.3, 0.4) is 0 Å². The summed E-state index contributed by atoms with van der Waals surface area (Å²) in [6.07, 6.45) is 1.46. The average Bonchev–Trinajstić information content (AvgIpc) is 3.47. The van der Waals surface area contributed by atoms with E-state index < -0.39 is 5.92 Å². The number of fused-ring (bicyclic) bond motifs is 1. The highest BCUT2D eigenvalue weighted by atomic mass is 16.5. The molecule has 2 aromatic carbocycles. The fraction of sp³-hybridized carbons (Fsp3) is 0.192. The summed E-state index contributed by atoms with van der Waals surface area (Å²) in [5.41, 5.74) is 2.69. The summed E-state index contributed by atoms with van der Waals surface area (Å²) >= 11 is 0. The molecule has 3 heterocycles. The predicted octanol–water partition coefficient (Wildman–Crippen LogP) is 3.60. The van der Waals surface area contributed by atoms with Crippen molar-refractivity contribution in [3.63, 3.8) is 0 Å². The Morgan fingerprint density at radius 1 is 1.20 bits per heavy atom. The van der Waals surface area contributed by atoms with E-state index in [1.54, 1.807) is 36.3 Å². The number of para-hydroxylation sites is 1. The van der Waals surface area contributed by atoms with E-state index in [1.807, 2.05) is 37.3 Å². The van der Waals surface area contributed by atoms with Gasteiger partial charge in [0.25, 0.3) is 0 Å². The molecule has 1 N–H and O–H groups in total. The number of aromatic nitrogens is 3. The molecule has 0 bridgehead atoms. The summed E-state index contributed by atoms with van der Waals surface area (Å²) in [7, 11) is 1.57. The molecule has 1 fully saturated rings. The number of nitriles is 1. The number of ether oxygens (including phenoxy) is 1. The van der Waals surface area contributed by atoms with Crippen LogP contribution in [0.4, 0.5) is 11.5 Å². The maximum atomic E-state index is 13.2. The van der Waals surface area contributed by atoms with Crippen molar-refractivity contribution < 1.29 is 14.3 Å². The van der Waals surface area contributed by atoms with Gasteiger partial charge in [0, 0.05) is 24.0 Å². The van der Waals surface area contributed by atoms with Crippen molar-refractivity contribution in [2.45, 2.75) is 13.3 Å². The molecule has 2 amide bonds. The van der Waals surface area contributed by atoms with Crippen molar-refractivity contribution in [3.8, 4) is 17.6 Å². The van der Waals surface area contributed by atoms with Gasteiger partial charge in [0.05, 0.1) is 24.7 Å². The van der Waals surface area contributed by atoms with Crippen LogP contribution in [0, 0.1) is 24.2 Å². The average molecular weight is 467 g/mol. The topological polar surface area (TPSA) is 113 Å². The van der Waals surface area contributed by atoms with Crippen molar-refractivity contribution in [1.82, 2.24) is 14.8 Å². The van der Waals surface area contributed by atoms with Gasteiger partial charge in [-0.3, -0.25) is 9.59 Å². The first kappa shape index (κ1) is 22.1. The molecule has 0 spiro atoms. The lowest BCUT2D eigenvalue weighted by atomic mass is 10.1. The molecule has 1 saturated heterocycles. The summed E-state index contributed by atoms with van der Waals surface area (Å²) in [6, 6.07) is 18.8. The zero-order valence-electron chi connectivity index (χ0n) is 19.2. The van der Waals surface area contributed by atoms with Crippen LogP contribution in [0.2, 0.25) is 0 Å². The van der Waals surface area contributed by atoms with E-state index in [-0.39, 0.29) is 36.2 Å². The second kappa shape index (κ2) is 8.91. The lowest BCUT2D eigenvalue weighted by Gasteiger charge is -2.17. The number of hydrogen-bond acceptors (Lipinski definition) is 6. The molecule has 1 unspecified atom stereocenters. The summed E-state index contributed by atoms with van der Waals surface area (Å²) in [5.74, 6) is 0.326. The maximum absolute atomic E-state index is 13.2. The van der Waals surface area contributed by atoms with Crippen molar-refractivity contribution in [1.29, 1.82) is 5.26 Å². The highest BCUT2D eigenvalue weighted by Gasteiger charge is 2.36. The van der Waals surface area contributed by atoms with Crippen molar-refractivity contribution in [2.75, 3.05) is 23.9 Å². The second-order valence-electron chi connectivity index (χ2n) is 8.34. The number of methoxy groups -OCH3 is 1. The zero-order chi connectivity index (χ0) is 24.5. The second-order valence-corrected chi connectivity index (χ2v) is 8.34. The van der Waals surface area contributed by atoms with Crippen molar-refractivity contribution >= 4 is 34.2 Å². The minimum absolute atomic E-state index is 0.0707. The van der Waals surface area contributed by atoms with Crippen LogP contribution in [-0.2, 0) is 9.59 Å². The summed E-state index contributed by atoms with van der Waals surface area (Å²) in [4.78, 5) is 32.1. The number of nitrogens with one attached hydrogen (secondary N) is 1. The van der Waals surface area contributed by atoms with Gasteiger partial charge in [-0.15, -0.1) is 0 Å². The lowest BCUT2D eigenvalue weighted by Crippen LogP contribution is -2.28. The van der Waals surface area contributed by atoms with Crippen LogP contribution in [0.5, 0.6) is 5.75 Å². The van der Waals surface area contributed by atoms with E-state index in [0.717, 1.165) is 16.5 Å². The number of carbonyl (C=O) groups excluding carboxylic acids is 2. The van der Waals surface area contributed by atoms with Gasteiger partial charge in [0.1, 0.15) is 17.4 Å². The largest absolute Gasteiger partial charge is 0.497 e.